The molecule has 0 saturated heterocycles. The molecule has 0 fully saturated rings. The highest BCUT2D eigenvalue weighted by molar-refractivity contribution is 5.81. The second-order valence-corrected chi connectivity index (χ2v) is 9.09. The smallest absolute Gasteiger partial charge is 0.407 e. The van der Waals surface area contributed by atoms with Gasteiger partial charge >= 0.3 is 12.1 Å². The molecule has 0 saturated carbocycles. The van der Waals surface area contributed by atoms with Gasteiger partial charge in [0.05, 0.1) is 13.2 Å². The van der Waals surface area contributed by atoms with E-state index in [0.717, 1.165) is 51.4 Å². The lowest BCUT2D eigenvalue weighted by Gasteiger charge is -2.17. The molecular weight excluding hydrogens is 402 g/mol. The summed E-state index contributed by atoms with van der Waals surface area (Å²) in [5.41, 5.74) is 0. The van der Waals surface area contributed by atoms with Crippen molar-refractivity contribution in [2.45, 2.75) is 149 Å². The van der Waals surface area contributed by atoms with Gasteiger partial charge in [0.2, 0.25) is 0 Å². The van der Waals surface area contributed by atoms with Crippen LogP contribution < -0.4 is 5.32 Å². The summed E-state index contributed by atoms with van der Waals surface area (Å²) >= 11 is 0. The summed E-state index contributed by atoms with van der Waals surface area (Å²) in [5.74, 6) is -0.322. The minimum atomic E-state index is -0.599. The van der Waals surface area contributed by atoms with E-state index in [1.54, 1.807) is 0 Å². The van der Waals surface area contributed by atoms with Gasteiger partial charge in [-0.15, -0.1) is 0 Å². The molecule has 0 spiro atoms. The molecule has 0 aromatic rings. The van der Waals surface area contributed by atoms with E-state index in [-0.39, 0.29) is 5.97 Å². The first-order valence-electron chi connectivity index (χ1n) is 13.8. The maximum Gasteiger partial charge on any atom is 0.407 e. The fourth-order valence-corrected chi connectivity index (χ4v) is 3.73. The molecule has 1 unspecified atom stereocenters. The monoisotopic (exact) mass is 455 g/mol. The Morgan fingerprint density at radius 2 is 1.00 bits per heavy atom. The molecule has 0 radical (unpaired) electrons. The van der Waals surface area contributed by atoms with E-state index in [1.807, 2.05) is 6.92 Å². The van der Waals surface area contributed by atoms with Crippen LogP contribution in [0, 0.1) is 0 Å². The summed E-state index contributed by atoms with van der Waals surface area (Å²) in [6.45, 7) is 7.29. The van der Waals surface area contributed by atoms with Crippen LogP contribution in [0.3, 0.4) is 0 Å². The minimum Gasteiger partial charge on any atom is -0.464 e. The van der Waals surface area contributed by atoms with Crippen molar-refractivity contribution >= 4 is 12.1 Å². The molecule has 0 bridgehead atoms. The van der Waals surface area contributed by atoms with E-state index in [4.69, 9.17) is 9.47 Å². The van der Waals surface area contributed by atoms with Crippen LogP contribution in [0.15, 0.2) is 0 Å². The molecule has 32 heavy (non-hydrogen) atoms. The number of esters is 1. The third-order valence-electron chi connectivity index (χ3n) is 5.90. The van der Waals surface area contributed by atoms with Gasteiger partial charge in [-0.05, 0) is 19.3 Å². The molecule has 5 nitrogen and oxygen atoms in total. The molecule has 0 aromatic heterocycles. The summed E-state index contributed by atoms with van der Waals surface area (Å²) in [5, 5.41) is 2.71. The van der Waals surface area contributed by atoms with Crippen LogP contribution in [-0.4, -0.2) is 31.3 Å². The first kappa shape index (κ1) is 30.7. The van der Waals surface area contributed by atoms with Gasteiger partial charge in [-0.2, -0.15) is 0 Å². The fourth-order valence-electron chi connectivity index (χ4n) is 3.73. The summed E-state index contributed by atoms with van der Waals surface area (Å²) in [4.78, 5) is 24.5. The van der Waals surface area contributed by atoms with Crippen LogP contribution in [-0.2, 0) is 14.3 Å². The van der Waals surface area contributed by atoms with E-state index in [1.165, 1.54) is 64.2 Å². The number of rotatable bonds is 23. The predicted octanol–water partition coefficient (Wildman–Crippen LogP) is 8.10. The molecule has 0 aromatic carbocycles. The first-order valence-corrected chi connectivity index (χ1v) is 13.8. The quantitative estimate of drug-likeness (QED) is 0.125. The summed E-state index contributed by atoms with van der Waals surface area (Å²) in [6.07, 6.45) is 21.5. The molecule has 1 atom stereocenters. The van der Waals surface area contributed by atoms with E-state index >= 15 is 0 Å². The maximum absolute atomic E-state index is 12.5. The van der Waals surface area contributed by atoms with E-state index in [9.17, 15) is 9.59 Å². The molecule has 5 heteroatoms. The third kappa shape index (κ3) is 20.6. The third-order valence-corrected chi connectivity index (χ3v) is 5.90. The number of alkyl carbamates (subject to hydrolysis) is 1. The molecule has 0 heterocycles. The van der Waals surface area contributed by atoms with Crippen molar-refractivity contribution < 1.29 is 19.1 Å². The van der Waals surface area contributed by atoms with Gasteiger partial charge in [-0.25, -0.2) is 9.59 Å². The highest BCUT2D eigenvalue weighted by Gasteiger charge is 2.22. The Morgan fingerprint density at radius 1 is 0.562 bits per heavy atom. The van der Waals surface area contributed by atoms with Crippen LogP contribution in [0.1, 0.15) is 143 Å². The summed E-state index contributed by atoms with van der Waals surface area (Å²) < 4.78 is 10.6. The molecule has 0 aliphatic rings. The van der Waals surface area contributed by atoms with Crippen LogP contribution in [0.4, 0.5) is 4.79 Å². The highest BCUT2D eigenvalue weighted by Crippen LogP contribution is 2.12. The number of hydrogen-bond acceptors (Lipinski definition) is 4. The van der Waals surface area contributed by atoms with Crippen molar-refractivity contribution in [3.63, 3.8) is 0 Å². The number of nitrogens with one attached hydrogen (secondary N) is 1. The largest absolute Gasteiger partial charge is 0.464 e. The van der Waals surface area contributed by atoms with E-state index in [2.05, 4.69) is 19.2 Å². The lowest BCUT2D eigenvalue weighted by atomic mass is 10.1. The zero-order valence-corrected chi connectivity index (χ0v) is 21.6. The van der Waals surface area contributed by atoms with E-state index in [0.29, 0.717) is 19.6 Å². The number of unbranched alkanes of at least 4 members (excludes halogenated alkanes) is 15. The second-order valence-electron chi connectivity index (χ2n) is 9.09. The van der Waals surface area contributed by atoms with Crippen molar-refractivity contribution in [3.8, 4) is 0 Å². The lowest BCUT2D eigenvalue weighted by molar-refractivity contribution is -0.146. The zero-order valence-electron chi connectivity index (χ0n) is 21.6. The number of ether oxygens (including phenoxy) is 2. The maximum atomic E-state index is 12.5. The number of hydrogen-bond donors (Lipinski definition) is 1. The van der Waals surface area contributed by atoms with Gasteiger partial charge in [-0.1, -0.05) is 124 Å². The molecule has 0 aliphatic heterocycles. The van der Waals surface area contributed by atoms with Crippen molar-refractivity contribution in [2.75, 3.05) is 13.2 Å². The van der Waals surface area contributed by atoms with Crippen molar-refractivity contribution in [2.24, 2.45) is 0 Å². The Hall–Kier alpha value is -1.26. The zero-order chi connectivity index (χ0) is 23.7. The predicted molar refractivity (Wildman–Crippen MR) is 134 cm³/mol. The summed E-state index contributed by atoms with van der Waals surface area (Å²) in [7, 11) is 0. The van der Waals surface area contributed by atoms with E-state index < -0.39 is 12.1 Å². The van der Waals surface area contributed by atoms with Crippen LogP contribution >= 0.6 is 0 Å². The molecule has 1 N–H and O–H groups in total. The molecule has 0 aliphatic carbocycles. The van der Waals surface area contributed by atoms with Gasteiger partial charge in [0.15, 0.2) is 0 Å². The van der Waals surface area contributed by atoms with Crippen LogP contribution in [0.5, 0.6) is 0 Å². The Morgan fingerprint density at radius 3 is 1.53 bits per heavy atom. The highest BCUT2D eigenvalue weighted by atomic mass is 16.6. The first-order chi connectivity index (χ1) is 15.7. The average Bonchev–Trinajstić information content (AvgIpc) is 2.79. The average molecular weight is 456 g/mol. The van der Waals surface area contributed by atoms with Gasteiger partial charge in [0.25, 0.3) is 0 Å². The van der Waals surface area contributed by atoms with Gasteiger partial charge in [-0.3, -0.25) is 0 Å². The molecule has 190 valence electrons. The second kappa shape index (κ2) is 24.4. The van der Waals surface area contributed by atoms with Crippen molar-refractivity contribution in [1.82, 2.24) is 5.32 Å². The molecule has 0 rings (SSSR count). The number of carbonyl (C=O) groups is 2. The van der Waals surface area contributed by atoms with Gasteiger partial charge < -0.3 is 14.8 Å². The van der Waals surface area contributed by atoms with Crippen molar-refractivity contribution in [1.29, 1.82) is 0 Å². The Kier molecular flexibility index (Phi) is 23.4. The Bertz CT molecular complexity index is 428. The molecule has 1 amide bonds. The van der Waals surface area contributed by atoms with Gasteiger partial charge in [0.1, 0.15) is 6.04 Å². The Labute approximate surface area is 198 Å². The standard InChI is InChI=1S/C27H53NO4/c1-4-7-10-12-13-14-15-16-17-18-19-21-24-31-26(29)25(22-20-11-8-5-2)28-27(30)32-23-9-6-3/h25H,4-24H2,1-3H3,(H,28,30). The SMILES string of the molecule is CCCCCCCCCCCCCCOC(=O)C(CCCCCC)NC(=O)OCCCC. The van der Waals surface area contributed by atoms with Crippen LogP contribution in [0.25, 0.3) is 0 Å². The fraction of sp³-hybridized carbons (Fsp3) is 0.926. The van der Waals surface area contributed by atoms with Crippen molar-refractivity contribution in [3.05, 3.63) is 0 Å². The number of carbonyl (C=O) groups excluding carboxylic acids is 2. The number of amides is 1. The summed E-state index contributed by atoms with van der Waals surface area (Å²) in [6, 6.07) is -0.599. The lowest BCUT2D eigenvalue weighted by Crippen LogP contribution is -2.42. The van der Waals surface area contributed by atoms with Crippen LogP contribution in [0.2, 0.25) is 0 Å². The Balaban J connectivity index is 3.90. The van der Waals surface area contributed by atoms with Gasteiger partial charge in [0, 0.05) is 0 Å². The normalized spacial score (nSPS) is 11.8. The topological polar surface area (TPSA) is 64.6 Å². The molecular formula is C27H53NO4. The minimum absolute atomic E-state index is 0.322.